The van der Waals surface area contributed by atoms with Crippen LogP contribution in [0.2, 0.25) is 5.02 Å². The van der Waals surface area contributed by atoms with E-state index in [1.807, 2.05) is 55.1 Å². The summed E-state index contributed by atoms with van der Waals surface area (Å²) >= 11 is 6.27. The van der Waals surface area contributed by atoms with Crippen molar-refractivity contribution in [1.29, 1.82) is 0 Å². The molecule has 1 saturated heterocycles. The third-order valence-electron chi connectivity index (χ3n) is 5.95. The van der Waals surface area contributed by atoms with Crippen LogP contribution in [0.3, 0.4) is 0 Å². The average molecular weight is 455 g/mol. The van der Waals surface area contributed by atoms with Gasteiger partial charge in [-0.1, -0.05) is 41.9 Å². The molecule has 4 rings (SSSR count). The van der Waals surface area contributed by atoms with Crippen LogP contribution in [0.5, 0.6) is 11.5 Å². The van der Waals surface area contributed by atoms with E-state index in [9.17, 15) is 9.59 Å². The largest absolute Gasteiger partial charge is 0.486 e. The lowest BCUT2D eigenvalue weighted by Gasteiger charge is -2.38. The van der Waals surface area contributed by atoms with Gasteiger partial charge in [0.05, 0.1) is 10.4 Å². The number of ether oxygens (including phenoxy) is 2. The van der Waals surface area contributed by atoms with Gasteiger partial charge in [0.25, 0.3) is 0 Å². The second-order valence-corrected chi connectivity index (χ2v) is 8.88. The summed E-state index contributed by atoms with van der Waals surface area (Å²) in [6.07, 6.45) is 3.26. The van der Waals surface area contributed by atoms with E-state index >= 15 is 0 Å². The molecule has 2 aliphatic rings. The Balaban J connectivity index is 1.36. The van der Waals surface area contributed by atoms with Crippen LogP contribution in [0.25, 0.3) is 6.08 Å². The number of benzene rings is 2. The van der Waals surface area contributed by atoms with Gasteiger partial charge in [0, 0.05) is 32.3 Å². The fourth-order valence-electron chi connectivity index (χ4n) is 4.00. The number of nitrogens with zero attached hydrogens (tertiary/aromatic N) is 2. The highest BCUT2D eigenvalue weighted by atomic mass is 35.5. The molecule has 2 heterocycles. The van der Waals surface area contributed by atoms with E-state index in [4.69, 9.17) is 21.1 Å². The quantitative estimate of drug-likeness (QED) is 0.660. The van der Waals surface area contributed by atoms with Crippen molar-refractivity contribution in [3.8, 4) is 11.5 Å². The van der Waals surface area contributed by atoms with Crippen molar-refractivity contribution in [3.63, 3.8) is 0 Å². The predicted molar refractivity (Wildman–Crippen MR) is 124 cm³/mol. The Hall–Kier alpha value is -2.99. The zero-order valence-electron chi connectivity index (χ0n) is 18.3. The minimum absolute atomic E-state index is 0.0808. The van der Waals surface area contributed by atoms with E-state index in [0.29, 0.717) is 55.9 Å². The molecule has 0 aliphatic carbocycles. The van der Waals surface area contributed by atoms with Gasteiger partial charge in [0.2, 0.25) is 11.8 Å². The molecule has 0 spiro atoms. The van der Waals surface area contributed by atoms with Crippen LogP contribution >= 0.6 is 11.6 Å². The molecule has 0 atom stereocenters. The number of carbonyl (C=O) groups excluding carboxylic acids is 2. The molecule has 0 bridgehead atoms. The van der Waals surface area contributed by atoms with Crippen LogP contribution in [0.15, 0.2) is 48.5 Å². The number of rotatable bonds is 4. The van der Waals surface area contributed by atoms with Crippen molar-refractivity contribution in [1.82, 2.24) is 9.80 Å². The van der Waals surface area contributed by atoms with Crippen molar-refractivity contribution in [2.45, 2.75) is 19.3 Å². The highest BCUT2D eigenvalue weighted by Crippen LogP contribution is 2.38. The van der Waals surface area contributed by atoms with E-state index in [0.717, 1.165) is 11.1 Å². The van der Waals surface area contributed by atoms with Gasteiger partial charge in [-0.05, 0) is 43.2 Å². The lowest BCUT2D eigenvalue weighted by atomic mass is 9.83. The van der Waals surface area contributed by atoms with Crippen LogP contribution in [-0.2, 0) is 15.0 Å². The van der Waals surface area contributed by atoms with Crippen LogP contribution in [-0.4, -0.2) is 61.0 Å². The van der Waals surface area contributed by atoms with Crippen LogP contribution < -0.4 is 9.47 Å². The van der Waals surface area contributed by atoms with E-state index in [1.54, 1.807) is 17.0 Å². The van der Waals surface area contributed by atoms with Gasteiger partial charge < -0.3 is 19.3 Å². The fraction of sp³-hybridized carbons (Fsp3) is 0.360. The molecular formula is C25H27ClN2O4. The van der Waals surface area contributed by atoms with E-state index in [1.165, 1.54) is 6.08 Å². The third kappa shape index (κ3) is 4.60. The zero-order valence-corrected chi connectivity index (χ0v) is 19.1. The van der Waals surface area contributed by atoms with Crippen LogP contribution in [0, 0.1) is 0 Å². The molecule has 2 aliphatic heterocycles. The SMILES string of the molecule is CC(C)(C(=O)N1CCN(C(=O)C=Cc2cc(Cl)c3c(c2)OCCO3)CC1)c1ccccc1. The molecule has 32 heavy (non-hydrogen) atoms. The summed E-state index contributed by atoms with van der Waals surface area (Å²) in [6, 6.07) is 13.4. The van der Waals surface area contributed by atoms with Crippen molar-refractivity contribution >= 4 is 29.5 Å². The topological polar surface area (TPSA) is 59.1 Å². The molecule has 0 radical (unpaired) electrons. The molecular weight excluding hydrogens is 428 g/mol. The molecule has 2 aromatic rings. The second-order valence-electron chi connectivity index (χ2n) is 8.47. The highest BCUT2D eigenvalue weighted by molar-refractivity contribution is 6.32. The lowest BCUT2D eigenvalue weighted by Crippen LogP contribution is -2.54. The van der Waals surface area contributed by atoms with Gasteiger partial charge in [0.15, 0.2) is 11.5 Å². The van der Waals surface area contributed by atoms with Crippen molar-refractivity contribution in [2.24, 2.45) is 0 Å². The Labute approximate surface area is 193 Å². The summed E-state index contributed by atoms with van der Waals surface area (Å²) < 4.78 is 11.1. The second kappa shape index (κ2) is 9.25. The number of halogens is 1. The van der Waals surface area contributed by atoms with Gasteiger partial charge in [-0.15, -0.1) is 0 Å². The molecule has 0 unspecified atom stereocenters. The Morgan fingerprint density at radius 2 is 1.62 bits per heavy atom. The van der Waals surface area contributed by atoms with E-state index < -0.39 is 5.41 Å². The summed E-state index contributed by atoms with van der Waals surface area (Å²) in [6.45, 7) is 6.88. The molecule has 168 valence electrons. The minimum atomic E-state index is -0.606. The molecule has 0 saturated carbocycles. The summed E-state index contributed by atoms with van der Waals surface area (Å²) in [5.74, 6) is 1.12. The van der Waals surface area contributed by atoms with Gasteiger partial charge in [0.1, 0.15) is 13.2 Å². The number of piperazine rings is 1. The first-order chi connectivity index (χ1) is 15.4. The summed E-state index contributed by atoms with van der Waals surface area (Å²) in [7, 11) is 0. The molecule has 1 fully saturated rings. The number of hydrogen-bond acceptors (Lipinski definition) is 4. The van der Waals surface area contributed by atoms with Crippen molar-refractivity contribution in [2.75, 3.05) is 39.4 Å². The first kappa shape index (κ1) is 22.2. The smallest absolute Gasteiger partial charge is 0.246 e. The molecule has 7 heteroatoms. The first-order valence-corrected chi connectivity index (χ1v) is 11.1. The van der Waals surface area contributed by atoms with Gasteiger partial charge >= 0.3 is 0 Å². The minimum Gasteiger partial charge on any atom is -0.486 e. The van der Waals surface area contributed by atoms with Crippen LogP contribution in [0.4, 0.5) is 0 Å². The maximum atomic E-state index is 13.1. The molecule has 0 aromatic heterocycles. The number of amides is 2. The average Bonchev–Trinajstić information content (AvgIpc) is 2.82. The normalized spacial score (nSPS) is 16.3. The van der Waals surface area contributed by atoms with E-state index in [-0.39, 0.29) is 11.8 Å². The Morgan fingerprint density at radius 3 is 2.34 bits per heavy atom. The maximum absolute atomic E-state index is 13.1. The Morgan fingerprint density at radius 1 is 0.969 bits per heavy atom. The number of fused-ring (bicyclic) bond motifs is 1. The maximum Gasteiger partial charge on any atom is 0.246 e. The third-order valence-corrected chi connectivity index (χ3v) is 6.23. The lowest BCUT2D eigenvalue weighted by molar-refractivity contribution is -0.141. The van der Waals surface area contributed by atoms with Crippen molar-refractivity contribution in [3.05, 3.63) is 64.7 Å². The van der Waals surface area contributed by atoms with Gasteiger partial charge in [-0.25, -0.2) is 0 Å². The van der Waals surface area contributed by atoms with Crippen LogP contribution in [0.1, 0.15) is 25.0 Å². The summed E-state index contributed by atoms with van der Waals surface area (Å²) in [5, 5.41) is 0.461. The van der Waals surface area contributed by atoms with Gasteiger partial charge in [-0.2, -0.15) is 0 Å². The number of carbonyl (C=O) groups is 2. The monoisotopic (exact) mass is 454 g/mol. The molecule has 2 amide bonds. The standard InChI is InChI=1S/C25H27ClN2O4/c1-25(2,19-6-4-3-5-7-19)24(30)28-12-10-27(11-13-28)22(29)9-8-18-16-20(26)23-21(17-18)31-14-15-32-23/h3-9,16-17H,10-15H2,1-2H3. The number of hydrogen-bond donors (Lipinski definition) is 0. The highest BCUT2D eigenvalue weighted by Gasteiger charge is 2.35. The summed E-state index contributed by atoms with van der Waals surface area (Å²) in [5.41, 5.74) is 1.15. The first-order valence-electron chi connectivity index (χ1n) is 10.8. The van der Waals surface area contributed by atoms with E-state index in [2.05, 4.69) is 0 Å². The zero-order chi connectivity index (χ0) is 22.7. The predicted octanol–water partition coefficient (Wildman–Crippen LogP) is 3.77. The summed E-state index contributed by atoms with van der Waals surface area (Å²) in [4.78, 5) is 29.4. The molecule has 6 nitrogen and oxygen atoms in total. The Kier molecular flexibility index (Phi) is 6.42. The molecule has 2 aromatic carbocycles. The van der Waals surface area contributed by atoms with Crippen molar-refractivity contribution < 1.29 is 19.1 Å². The fourth-order valence-corrected chi connectivity index (χ4v) is 4.28. The molecule has 0 N–H and O–H groups in total. The van der Waals surface area contributed by atoms with Gasteiger partial charge in [-0.3, -0.25) is 9.59 Å². The Bertz CT molecular complexity index is 1030.